The highest BCUT2D eigenvalue weighted by Gasteiger charge is 2.31. The molecule has 1 aliphatic heterocycles. The van der Waals surface area contributed by atoms with Crippen molar-refractivity contribution in [2.24, 2.45) is 5.92 Å². The van der Waals surface area contributed by atoms with Crippen LogP contribution in [0.2, 0.25) is 0 Å². The minimum Gasteiger partial charge on any atom is -0.497 e. The summed E-state index contributed by atoms with van der Waals surface area (Å²) in [6.07, 6.45) is 3.90. The summed E-state index contributed by atoms with van der Waals surface area (Å²) >= 11 is 3.75. The van der Waals surface area contributed by atoms with Crippen LogP contribution in [-0.4, -0.2) is 38.7 Å². The first-order valence-corrected chi connectivity index (χ1v) is 8.72. The molecule has 1 N–H and O–H groups in total. The monoisotopic (exact) mass is 354 g/mol. The second-order valence-electron chi connectivity index (χ2n) is 5.77. The molecule has 0 aromatic heterocycles. The van der Waals surface area contributed by atoms with E-state index in [0.717, 1.165) is 18.8 Å². The van der Waals surface area contributed by atoms with Gasteiger partial charge in [-0.3, -0.25) is 4.90 Å². The highest BCUT2D eigenvalue weighted by molar-refractivity contribution is 9.10. The summed E-state index contributed by atoms with van der Waals surface area (Å²) < 4.78 is 6.63. The largest absolute Gasteiger partial charge is 0.497 e. The maximum absolute atomic E-state index is 5.44. The number of ether oxygens (including phenoxy) is 1. The maximum Gasteiger partial charge on any atom is 0.119 e. The molecule has 2 atom stereocenters. The van der Waals surface area contributed by atoms with Gasteiger partial charge in [0, 0.05) is 10.5 Å². The van der Waals surface area contributed by atoms with Crippen LogP contribution in [-0.2, 0) is 0 Å². The van der Waals surface area contributed by atoms with Crippen LogP contribution in [0.4, 0.5) is 0 Å². The van der Waals surface area contributed by atoms with E-state index in [-0.39, 0.29) is 0 Å². The highest BCUT2D eigenvalue weighted by atomic mass is 79.9. The molecule has 0 saturated carbocycles. The molecule has 2 unspecified atom stereocenters. The lowest BCUT2D eigenvalue weighted by molar-refractivity contribution is 0.161. The van der Waals surface area contributed by atoms with Gasteiger partial charge in [0.2, 0.25) is 0 Å². The van der Waals surface area contributed by atoms with Crippen molar-refractivity contribution < 1.29 is 4.74 Å². The standard InChI is InChI=1S/C17H27BrN2O/c1-4-20-10-6-5-7-13(12-19-2)17(20)15-11-14(21-3)8-9-16(15)18/h8-9,11,13,17,19H,4-7,10,12H2,1-3H3. The predicted octanol–water partition coefficient (Wildman–Crippen LogP) is 3.84. The number of hydrogen-bond acceptors (Lipinski definition) is 3. The molecule has 1 heterocycles. The van der Waals surface area contributed by atoms with Crippen molar-refractivity contribution in [3.8, 4) is 5.75 Å². The van der Waals surface area contributed by atoms with Crippen LogP contribution in [0.15, 0.2) is 22.7 Å². The third-order valence-corrected chi connectivity index (χ3v) is 5.23. The average Bonchev–Trinajstić information content (AvgIpc) is 2.70. The Labute approximate surface area is 137 Å². The Morgan fingerprint density at radius 1 is 1.38 bits per heavy atom. The fourth-order valence-corrected chi connectivity index (χ4v) is 3.95. The van der Waals surface area contributed by atoms with Crippen LogP contribution in [0.5, 0.6) is 5.75 Å². The van der Waals surface area contributed by atoms with Crippen LogP contribution < -0.4 is 10.1 Å². The van der Waals surface area contributed by atoms with Crippen molar-refractivity contribution in [1.29, 1.82) is 0 Å². The fraction of sp³-hybridized carbons (Fsp3) is 0.647. The molecule has 1 aliphatic rings. The Morgan fingerprint density at radius 2 is 2.19 bits per heavy atom. The number of likely N-dealkylation sites (tertiary alicyclic amines) is 1. The van der Waals surface area contributed by atoms with E-state index in [1.807, 2.05) is 6.07 Å². The summed E-state index contributed by atoms with van der Waals surface area (Å²) in [6.45, 7) is 5.60. The van der Waals surface area contributed by atoms with Gasteiger partial charge in [0.05, 0.1) is 7.11 Å². The minimum atomic E-state index is 0.453. The summed E-state index contributed by atoms with van der Waals surface area (Å²) in [7, 11) is 3.79. The molecule has 118 valence electrons. The number of halogens is 1. The molecule has 0 radical (unpaired) electrons. The van der Waals surface area contributed by atoms with E-state index >= 15 is 0 Å². The van der Waals surface area contributed by atoms with Crippen molar-refractivity contribution in [2.45, 2.75) is 32.2 Å². The molecule has 2 rings (SSSR count). The average molecular weight is 355 g/mol. The first kappa shape index (κ1) is 16.8. The second kappa shape index (κ2) is 8.16. The van der Waals surface area contributed by atoms with Gasteiger partial charge in [0.25, 0.3) is 0 Å². The van der Waals surface area contributed by atoms with E-state index in [9.17, 15) is 0 Å². The van der Waals surface area contributed by atoms with Gasteiger partial charge < -0.3 is 10.1 Å². The lowest BCUT2D eigenvalue weighted by Crippen LogP contribution is -2.36. The van der Waals surface area contributed by atoms with Gasteiger partial charge in [-0.15, -0.1) is 0 Å². The van der Waals surface area contributed by atoms with Crippen LogP contribution >= 0.6 is 15.9 Å². The molecule has 4 heteroatoms. The molecule has 0 aliphatic carbocycles. The van der Waals surface area contributed by atoms with Gasteiger partial charge in [0.15, 0.2) is 0 Å². The van der Waals surface area contributed by atoms with Gasteiger partial charge in [-0.2, -0.15) is 0 Å². The Kier molecular flexibility index (Phi) is 6.52. The molecular weight excluding hydrogens is 328 g/mol. The molecule has 1 aromatic carbocycles. The molecule has 1 fully saturated rings. The molecule has 0 spiro atoms. The minimum absolute atomic E-state index is 0.453. The number of rotatable bonds is 5. The SMILES string of the molecule is CCN1CCCCC(CNC)C1c1cc(OC)ccc1Br. The third kappa shape index (κ3) is 3.99. The zero-order chi connectivity index (χ0) is 15.2. The summed E-state index contributed by atoms with van der Waals surface area (Å²) in [4.78, 5) is 2.62. The zero-order valence-electron chi connectivity index (χ0n) is 13.4. The van der Waals surface area contributed by atoms with E-state index in [0.29, 0.717) is 12.0 Å². The van der Waals surface area contributed by atoms with Crippen molar-refractivity contribution in [1.82, 2.24) is 10.2 Å². The third-order valence-electron chi connectivity index (χ3n) is 4.50. The summed E-state index contributed by atoms with van der Waals surface area (Å²) in [6, 6.07) is 6.79. The van der Waals surface area contributed by atoms with Crippen molar-refractivity contribution in [3.63, 3.8) is 0 Å². The lowest BCUT2D eigenvalue weighted by atomic mass is 9.89. The quantitative estimate of drug-likeness (QED) is 0.869. The van der Waals surface area contributed by atoms with Crippen LogP contribution in [0.25, 0.3) is 0 Å². The normalized spacial score (nSPS) is 23.8. The van der Waals surface area contributed by atoms with E-state index in [1.165, 1.54) is 35.8 Å². The van der Waals surface area contributed by atoms with Gasteiger partial charge in [0.1, 0.15) is 5.75 Å². The number of hydrogen-bond donors (Lipinski definition) is 1. The molecule has 0 bridgehead atoms. The molecular formula is C17H27BrN2O. The fourth-order valence-electron chi connectivity index (χ4n) is 3.47. The van der Waals surface area contributed by atoms with Crippen LogP contribution in [0, 0.1) is 5.92 Å². The van der Waals surface area contributed by atoms with Crippen molar-refractivity contribution >= 4 is 15.9 Å². The Balaban J connectivity index is 2.41. The Hall–Kier alpha value is -0.580. The second-order valence-corrected chi connectivity index (χ2v) is 6.63. The van der Waals surface area contributed by atoms with Crippen molar-refractivity contribution in [2.75, 3.05) is 33.8 Å². The Morgan fingerprint density at radius 3 is 2.86 bits per heavy atom. The van der Waals surface area contributed by atoms with Crippen molar-refractivity contribution in [3.05, 3.63) is 28.2 Å². The molecule has 1 aromatic rings. The first-order valence-electron chi connectivity index (χ1n) is 7.93. The molecule has 1 saturated heterocycles. The number of benzene rings is 1. The topological polar surface area (TPSA) is 24.5 Å². The number of nitrogens with zero attached hydrogens (tertiary/aromatic N) is 1. The maximum atomic E-state index is 5.44. The molecule has 0 amide bonds. The number of methoxy groups -OCH3 is 1. The Bertz CT molecular complexity index is 452. The smallest absolute Gasteiger partial charge is 0.119 e. The first-order chi connectivity index (χ1) is 10.2. The van der Waals surface area contributed by atoms with E-state index in [4.69, 9.17) is 4.74 Å². The van der Waals surface area contributed by atoms with E-state index in [1.54, 1.807) is 7.11 Å². The van der Waals surface area contributed by atoms with E-state index in [2.05, 4.69) is 52.3 Å². The highest BCUT2D eigenvalue weighted by Crippen LogP contribution is 2.39. The lowest BCUT2D eigenvalue weighted by Gasteiger charge is -2.35. The number of nitrogens with one attached hydrogen (secondary N) is 1. The zero-order valence-corrected chi connectivity index (χ0v) is 14.9. The van der Waals surface area contributed by atoms with Crippen LogP contribution in [0.1, 0.15) is 37.8 Å². The summed E-state index contributed by atoms with van der Waals surface area (Å²) in [5.41, 5.74) is 1.36. The van der Waals surface area contributed by atoms with Crippen LogP contribution in [0.3, 0.4) is 0 Å². The van der Waals surface area contributed by atoms with Gasteiger partial charge in [-0.25, -0.2) is 0 Å². The predicted molar refractivity (Wildman–Crippen MR) is 91.9 cm³/mol. The van der Waals surface area contributed by atoms with Gasteiger partial charge in [-0.05, 0) is 69.2 Å². The molecule has 21 heavy (non-hydrogen) atoms. The van der Waals surface area contributed by atoms with E-state index < -0.39 is 0 Å². The van der Waals surface area contributed by atoms with Gasteiger partial charge >= 0.3 is 0 Å². The molecule has 3 nitrogen and oxygen atoms in total. The summed E-state index contributed by atoms with van der Waals surface area (Å²) in [5, 5.41) is 3.38. The van der Waals surface area contributed by atoms with Gasteiger partial charge in [-0.1, -0.05) is 29.3 Å². The summed E-state index contributed by atoms with van der Waals surface area (Å²) in [5.74, 6) is 1.58.